The zero-order chi connectivity index (χ0) is 14.3. The second-order valence-electron chi connectivity index (χ2n) is 3.61. The van der Waals surface area contributed by atoms with Gasteiger partial charge < -0.3 is 19.9 Å². The van der Waals surface area contributed by atoms with Gasteiger partial charge >= 0.3 is 5.97 Å². The zero-order valence-electron chi connectivity index (χ0n) is 10.3. The molecule has 0 bridgehead atoms. The molecule has 0 aliphatic carbocycles. The van der Waals surface area contributed by atoms with E-state index in [1.165, 1.54) is 7.11 Å². The normalized spacial score (nSPS) is 11.7. The van der Waals surface area contributed by atoms with Crippen molar-refractivity contribution in [1.29, 1.82) is 0 Å². The van der Waals surface area contributed by atoms with Crippen LogP contribution in [0.15, 0.2) is 28.7 Å². The van der Waals surface area contributed by atoms with Crippen molar-refractivity contribution >= 4 is 27.8 Å². The van der Waals surface area contributed by atoms with Crippen LogP contribution in [-0.4, -0.2) is 43.3 Å². The number of carboxylic acid groups (broad SMARTS) is 1. The van der Waals surface area contributed by atoms with Crippen molar-refractivity contribution < 1.29 is 24.2 Å². The van der Waals surface area contributed by atoms with E-state index in [0.717, 1.165) is 4.47 Å². The molecule has 0 spiro atoms. The van der Waals surface area contributed by atoms with E-state index >= 15 is 0 Å². The van der Waals surface area contributed by atoms with E-state index in [-0.39, 0.29) is 13.2 Å². The maximum Gasteiger partial charge on any atom is 0.334 e. The molecule has 0 aliphatic rings. The molecule has 0 saturated carbocycles. The lowest BCUT2D eigenvalue weighted by Gasteiger charge is -2.12. The van der Waals surface area contributed by atoms with Crippen molar-refractivity contribution in [2.75, 3.05) is 20.3 Å². The molecular weight excluding hydrogens is 318 g/mol. The monoisotopic (exact) mass is 331 g/mol. The summed E-state index contributed by atoms with van der Waals surface area (Å²) >= 11 is 3.28. The largest absolute Gasteiger partial charge is 0.484 e. The number of carbonyl (C=O) groups is 2. The molecule has 6 nitrogen and oxygen atoms in total. The summed E-state index contributed by atoms with van der Waals surface area (Å²) in [4.78, 5) is 22.1. The number of ether oxygens (including phenoxy) is 2. The zero-order valence-corrected chi connectivity index (χ0v) is 11.8. The fourth-order valence-corrected chi connectivity index (χ4v) is 1.47. The Kier molecular flexibility index (Phi) is 6.31. The number of nitrogens with one attached hydrogen (secondary N) is 1. The number of hydrogen-bond acceptors (Lipinski definition) is 4. The molecule has 19 heavy (non-hydrogen) atoms. The molecule has 1 atom stereocenters. The number of hydrogen-bond donors (Lipinski definition) is 2. The van der Waals surface area contributed by atoms with Crippen LogP contribution in [0, 0.1) is 0 Å². The van der Waals surface area contributed by atoms with Gasteiger partial charge in [0.05, 0.1) is 6.54 Å². The second-order valence-corrected chi connectivity index (χ2v) is 4.52. The van der Waals surface area contributed by atoms with Gasteiger partial charge in [0.15, 0.2) is 12.7 Å². The lowest BCUT2D eigenvalue weighted by atomic mass is 10.3. The number of aliphatic carboxylic acids is 1. The highest BCUT2D eigenvalue weighted by atomic mass is 79.9. The van der Waals surface area contributed by atoms with Gasteiger partial charge in [-0.05, 0) is 24.3 Å². The van der Waals surface area contributed by atoms with Crippen molar-refractivity contribution in [3.63, 3.8) is 0 Å². The first-order valence-electron chi connectivity index (χ1n) is 5.43. The van der Waals surface area contributed by atoms with E-state index < -0.39 is 18.0 Å². The third-order valence-electron chi connectivity index (χ3n) is 2.23. The van der Waals surface area contributed by atoms with Crippen LogP contribution in [0.2, 0.25) is 0 Å². The number of rotatable bonds is 7. The number of benzene rings is 1. The van der Waals surface area contributed by atoms with Crippen LogP contribution >= 0.6 is 15.9 Å². The number of methoxy groups -OCH3 is 1. The molecule has 104 valence electrons. The summed E-state index contributed by atoms with van der Waals surface area (Å²) in [5, 5.41) is 11.1. The second kappa shape index (κ2) is 7.75. The lowest BCUT2D eigenvalue weighted by molar-refractivity contribution is -0.148. The molecule has 1 aromatic rings. The topological polar surface area (TPSA) is 84.9 Å². The van der Waals surface area contributed by atoms with Gasteiger partial charge in [0, 0.05) is 11.6 Å². The highest BCUT2D eigenvalue weighted by Gasteiger charge is 2.17. The molecule has 0 heterocycles. The maximum absolute atomic E-state index is 11.4. The van der Waals surface area contributed by atoms with Crippen LogP contribution in [0.25, 0.3) is 0 Å². The molecule has 1 aromatic carbocycles. The van der Waals surface area contributed by atoms with E-state index in [9.17, 15) is 9.59 Å². The highest BCUT2D eigenvalue weighted by molar-refractivity contribution is 9.10. The average molecular weight is 332 g/mol. The van der Waals surface area contributed by atoms with Gasteiger partial charge in [-0.1, -0.05) is 15.9 Å². The molecule has 0 fully saturated rings. The Balaban J connectivity index is 2.31. The molecule has 1 rings (SSSR count). The summed E-state index contributed by atoms with van der Waals surface area (Å²) in [7, 11) is 1.27. The van der Waals surface area contributed by atoms with Crippen LogP contribution in [0.5, 0.6) is 5.75 Å². The van der Waals surface area contributed by atoms with Crippen LogP contribution in [0.3, 0.4) is 0 Å². The first kappa shape index (κ1) is 15.5. The van der Waals surface area contributed by atoms with Gasteiger partial charge in [0.25, 0.3) is 5.91 Å². The highest BCUT2D eigenvalue weighted by Crippen LogP contribution is 2.15. The minimum atomic E-state index is -1.13. The Morgan fingerprint density at radius 1 is 1.37 bits per heavy atom. The molecule has 0 saturated heterocycles. The van der Waals surface area contributed by atoms with Crippen molar-refractivity contribution in [2.45, 2.75) is 6.10 Å². The van der Waals surface area contributed by atoms with E-state index in [4.69, 9.17) is 9.84 Å². The molecule has 1 amide bonds. The Morgan fingerprint density at radius 2 is 2.00 bits per heavy atom. The van der Waals surface area contributed by atoms with Crippen LogP contribution in [0.4, 0.5) is 0 Å². The smallest absolute Gasteiger partial charge is 0.334 e. The summed E-state index contributed by atoms with van der Waals surface area (Å²) in [6, 6.07) is 7.01. The predicted octanol–water partition coefficient (Wildman–Crippen LogP) is 1.04. The third kappa shape index (κ3) is 5.71. The Morgan fingerprint density at radius 3 is 2.53 bits per heavy atom. The minimum absolute atomic E-state index is 0.103. The van der Waals surface area contributed by atoms with Crippen LogP contribution in [0.1, 0.15) is 0 Å². The molecular formula is C12H14BrNO5. The first-order chi connectivity index (χ1) is 9.02. The minimum Gasteiger partial charge on any atom is -0.484 e. The van der Waals surface area contributed by atoms with Gasteiger partial charge in [-0.15, -0.1) is 0 Å². The molecule has 2 N–H and O–H groups in total. The summed E-state index contributed by atoms with van der Waals surface area (Å²) in [6.07, 6.45) is -1.06. The van der Waals surface area contributed by atoms with Crippen molar-refractivity contribution in [3.8, 4) is 5.75 Å². The standard InChI is InChI=1S/C12H14BrNO5/c1-18-10(12(16)17)6-14-11(15)7-19-9-4-2-8(13)3-5-9/h2-5,10H,6-7H2,1H3,(H,14,15)(H,16,17). The van der Waals surface area contributed by atoms with E-state index in [0.29, 0.717) is 5.75 Å². The number of carboxylic acids is 1. The van der Waals surface area contributed by atoms with E-state index in [2.05, 4.69) is 26.0 Å². The summed E-state index contributed by atoms with van der Waals surface area (Å²) in [5.41, 5.74) is 0. The first-order valence-corrected chi connectivity index (χ1v) is 6.23. The fourth-order valence-electron chi connectivity index (χ4n) is 1.21. The quantitative estimate of drug-likeness (QED) is 0.779. The van der Waals surface area contributed by atoms with Crippen LogP contribution in [-0.2, 0) is 14.3 Å². The van der Waals surface area contributed by atoms with Gasteiger partial charge in [0.2, 0.25) is 0 Å². The van der Waals surface area contributed by atoms with Gasteiger partial charge in [0.1, 0.15) is 5.75 Å². The third-order valence-corrected chi connectivity index (χ3v) is 2.76. The number of halogens is 1. The molecule has 7 heteroatoms. The van der Waals surface area contributed by atoms with E-state index in [1.54, 1.807) is 24.3 Å². The van der Waals surface area contributed by atoms with Crippen LogP contribution < -0.4 is 10.1 Å². The average Bonchev–Trinajstić information content (AvgIpc) is 2.38. The summed E-state index contributed by atoms with van der Waals surface area (Å²) in [5.74, 6) is -0.984. The number of carbonyl (C=O) groups excluding carboxylic acids is 1. The van der Waals surface area contributed by atoms with Crippen molar-refractivity contribution in [1.82, 2.24) is 5.32 Å². The van der Waals surface area contributed by atoms with E-state index in [1.807, 2.05) is 0 Å². The summed E-state index contributed by atoms with van der Waals surface area (Å²) < 4.78 is 10.8. The Bertz CT molecular complexity index is 434. The molecule has 1 unspecified atom stereocenters. The maximum atomic E-state index is 11.4. The number of amides is 1. The lowest BCUT2D eigenvalue weighted by Crippen LogP contribution is -2.39. The molecule has 0 aromatic heterocycles. The Hall–Kier alpha value is -1.60. The molecule has 0 aliphatic heterocycles. The Labute approximate surface area is 118 Å². The SMILES string of the molecule is COC(CNC(=O)COc1ccc(Br)cc1)C(=O)O. The fraction of sp³-hybridized carbons (Fsp3) is 0.333. The van der Waals surface area contributed by atoms with Gasteiger partial charge in [-0.2, -0.15) is 0 Å². The predicted molar refractivity (Wildman–Crippen MR) is 71.1 cm³/mol. The van der Waals surface area contributed by atoms with Gasteiger partial charge in [-0.3, -0.25) is 4.79 Å². The van der Waals surface area contributed by atoms with Crippen molar-refractivity contribution in [3.05, 3.63) is 28.7 Å². The summed E-state index contributed by atoms with van der Waals surface area (Å²) in [6.45, 7) is -0.286. The molecule has 0 radical (unpaired) electrons. The van der Waals surface area contributed by atoms with Crippen molar-refractivity contribution in [2.24, 2.45) is 0 Å². The van der Waals surface area contributed by atoms with Gasteiger partial charge in [-0.25, -0.2) is 4.79 Å².